The Balaban J connectivity index is 1.43. The Hall–Kier alpha value is -5.15. The lowest BCUT2D eigenvalue weighted by atomic mass is 9.99. The number of hydroxylamine groups is 1. The number of hydrogen-bond acceptors (Lipinski definition) is 6. The second-order valence-electron chi connectivity index (χ2n) is 9.72. The summed E-state index contributed by atoms with van der Waals surface area (Å²) in [5.74, 6) is -1.34. The molecule has 0 bridgehead atoms. The highest BCUT2D eigenvalue weighted by molar-refractivity contribution is 5.97. The van der Waals surface area contributed by atoms with Crippen molar-refractivity contribution in [2.45, 2.75) is 31.8 Å². The smallest absolute Gasteiger partial charge is 0.335 e. The lowest BCUT2D eigenvalue weighted by molar-refractivity contribution is -0.0221. The van der Waals surface area contributed by atoms with E-state index in [1.54, 1.807) is 12.1 Å². The number of aryl methyl sites for hydroxylation is 1. The summed E-state index contributed by atoms with van der Waals surface area (Å²) in [7, 11) is 0. The predicted molar refractivity (Wildman–Crippen MR) is 160 cm³/mol. The summed E-state index contributed by atoms with van der Waals surface area (Å²) in [6.45, 7) is 1.00. The van der Waals surface area contributed by atoms with Crippen LogP contribution in [0.2, 0.25) is 0 Å². The maximum Gasteiger partial charge on any atom is 0.335 e. The number of carboxylic acids is 2. The Labute approximate surface area is 249 Å². The van der Waals surface area contributed by atoms with Crippen molar-refractivity contribution in [3.8, 4) is 11.5 Å². The van der Waals surface area contributed by atoms with Crippen LogP contribution in [0.15, 0.2) is 103 Å². The fourth-order valence-electron chi connectivity index (χ4n) is 4.38. The normalized spacial score (nSPS) is 11.3. The van der Waals surface area contributed by atoms with Gasteiger partial charge in [-0.3, -0.25) is 9.63 Å². The van der Waals surface area contributed by atoms with Gasteiger partial charge in [0.05, 0.1) is 24.3 Å². The minimum atomic E-state index is -1.14. The van der Waals surface area contributed by atoms with Crippen molar-refractivity contribution in [2.75, 3.05) is 13.2 Å². The lowest BCUT2D eigenvalue weighted by Gasteiger charge is -2.21. The van der Waals surface area contributed by atoms with Crippen LogP contribution in [0, 0.1) is 0 Å². The molecule has 4 aromatic carbocycles. The van der Waals surface area contributed by atoms with Crippen LogP contribution in [0.5, 0.6) is 11.5 Å². The zero-order chi connectivity index (χ0) is 30.4. The maximum absolute atomic E-state index is 12.9. The van der Waals surface area contributed by atoms with Gasteiger partial charge in [-0.1, -0.05) is 54.6 Å². The summed E-state index contributed by atoms with van der Waals surface area (Å²) in [5.41, 5.74) is 4.26. The number of aromatic carboxylic acids is 2. The summed E-state index contributed by atoms with van der Waals surface area (Å²) in [5, 5.41) is 18.6. The molecule has 1 atom stereocenters. The van der Waals surface area contributed by atoms with Crippen LogP contribution in [0.4, 0.5) is 0 Å². The molecule has 0 saturated heterocycles. The number of rotatable bonds is 16. The van der Waals surface area contributed by atoms with Crippen molar-refractivity contribution in [3.63, 3.8) is 0 Å². The van der Waals surface area contributed by atoms with E-state index in [1.165, 1.54) is 30.3 Å². The third-order valence-electron chi connectivity index (χ3n) is 6.61. The average molecular weight is 584 g/mol. The topological polar surface area (TPSA) is 131 Å². The Morgan fingerprint density at radius 3 is 2.05 bits per heavy atom. The van der Waals surface area contributed by atoms with Crippen LogP contribution in [0.3, 0.4) is 0 Å². The van der Waals surface area contributed by atoms with Gasteiger partial charge in [-0.25, -0.2) is 15.1 Å². The number of para-hydroxylation sites is 2. The van der Waals surface area contributed by atoms with Crippen LogP contribution < -0.4 is 15.0 Å². The Kier molecular flexibility index (Phi) is 11.3. The Morgan fingerprint density at radius 2 is 1.30 bits per heavy atom. The molecule has 0 radical (unpaired) electrons. The summed E-state index contributed by atoms with van der Waals surface area (Å²) in [4.78, 5) is 41.6. The molecule has 0 aliphatic heterocycles. The van der Waals surface area contributed by atoms with Crippen molar-refractivity contribution in [2.24, 2.45) is 0 Å². The predicted octanol–water partition coefficient (Wildman–Crippen LogP) is 6.36. The van der Waals surface area contributed by atoms with Gasteiger partial charge in [-0.15, -0.1) is 0 Å². The number of amides is 1. The molecule has 0 aliphatic carbocycles. The summed E-state index contributed by atoms with van der Waals surface area (Å²) in [6.07, 6.45) is 1.75. The largest absolute Gasteiger partial charge is 0.494 e. The van der Waals surface area contributed by atoms with E-state index < -0.39 is 23.9 Å². The summed E-state index contributed by atoms with van der Waals surface area (Å²) in [6, 6.07) is 29.3. The molecule has 0 fully saturated rings. The lowest BCUT2D eigenvalue weighted by Crippen LogP contribution is -2.27. The van der Waals surface area contributed by atoms with Crippen LogP contribution in [-0.4, -0.2) is 41.3 Å². The first kappa shape index (κ1) is 30.8. The third-order valence-corrected chi connectivity index (χ3v) is 6.61. The van der Waals surface area contributed by atoms with E-state index in [0.717, 1.165) is 24.2 Å². The van der Waals surface area contributed by atoms with E-state index in [-0.39, 0.29) is 16.7 Å². The van der Waals surface area contributed by atoms with E-state index >= 15 is 0 Å². The number of carbonyl (C=O) groups excluding carboxylic acids is 1. The van der Waals surface area contributed by atoms with Crippen molar-refractivity contribution < 1.29 is 38.9 Å². The Bertz CT molecular complexity index is 1520. The van der Waals surface area contributed by atoms with Crippen molar-refractivity contribution >= 4 is 17.8 Å². The molecule has 0 aliphatic rings. The van der Waals surface area contributed by atoms with Crippen LogP contribution in [0.1, 0.15) is 67.6 Å². The molecule has 4 aromatic rings. The number of benzene rings is 4. The molecule has 0 heterocycles. The maximum atomic E-state index is 12.9. The van der Waals surface area contributed by atoms with Gasteiger partial charge < -0.3 is 19.7 Å². The zero-order valence-corrected chi connectivity index (χ0v) is 23.5. The van der Waals surface area contributed by atoms with Gasteiger partial charge in [0.1, 0.15) is 17.6 Å². The summed E-state index contributed by atoms with van der Waals surface area (Å²) >= 11 is 0. The number of ether oxygens (including phenoxy) is 2. The highest BCUT2D eigenvalue weighted by Crippen LogP contribution is 2.31. The minimum Gasteiger partial charge on any atom is -0.494 e. The van der Waals surface area contributed by atoms with Gasteiger partial charge in [-0.2, -0.15) is 0 Å². The number of nitrogens with one attached hydrogen (secondary N) is 1. The van der Waals surface area contributed by atoms with E-state index in [4.69, 9.17) is 14.3 Å². The fourth-order valence-corrected chi connectivity index (χ4v) is 4.38. The van der Waals surface area contributed by atoms with Gasteiger partial charge >= 0.3 is 11.9 Å². The highest BCUT2D eigenvalue weighted by atomic mass is 16.7. The first-order valence-electron chi connectivity index (χ1n) is 13.9. The zero-order valence-electron chi connectivity index (χ0n) is 23.5. The molecule has 9 heteroatoms. The molecule has 0 aromatic heterocycles. The first-order valence-corrected chi connectivity index (χ1v) is 13.9. The molecule has 0 saturated carbocycles. The second-order valence-corrected chi connectivity index (χ2v) is 9.72. The van der Waals surface area contributed by atoms with Gasteiger partial charge in [0.2, 0.25) is 0 Å². The molecule has 0 spiro atoms. The summed E-state index contributed by atoms with van der Waals surface area (Å²) < 4.78 is 11.9. The molecule has 1 unspecified atom stereocenters. The van der Waals surface area contributed by atoms with E-state index in [0.29, 0.717) is 37.4 Å². The highest BCUT2D eigenvalue weighted by Gasteiger charge is 2.20. The molecule has 43 heavy (non-hydrogen) atoms. The number of hydrogen-bond donors (Lipinski definition) is 3. The Morgan fingerprint density at radius 1 is 0.674 bits per heavy atom. The number of carboxylic acid groups (broad SMARTS) is 2. The quantitative estimate of drug-likeness (QED) is 0.103. The molecular weight excluding hydrogens is 550 g/mol. The monoisotopic (exact) mass is 583 g/mol. The molecule has 222 valence electrons. The molecule has 4 rings (SSSR count). The van der Waals surface area contributed by atoms with Crippen molar-refractivity contribution in [1.29, 1.82) is 0 Å². The van der Waals surface area contributed by atoms with Crippen molar-refractivity contribution in [3.05, 3.63) is 131 Å². The standard InChI is InChI=1S/C34H33NO8/c36-32(25-11-9-13-27(23-25)34(39)40)35-43-31(19-18-24-10-8-12-26(22-24)33(37)38)29-16-4-5-17-30(29)42-21-7-6-20-41-28-14-2-1-3-15-28/h1-5,8-17,22-23,31H,6-7,18-21H2,(H,35,36)(H,37,38)(H,39,40). The number of unbranched alkanes of at least 4 members (excludes halogenated alkanes) is 1. The molecule has 1 amide bonds. The third kappa shape index (κ3) is 9.44. The van der Waals surface area contributed by atoms with E-state index in [2.05, 4.69) is 5.48 Å². The van der Waals surface area contributed by atoms with Crippen molar-refractivity contribution in [1.82, 2.24) is 5.48 Å². The van der Waals surface area contributed by atoms with E-state index in [1.807, 2.05) is 60.7 Å². The molecular formula is C34H33NO8. The van der Waals surface area contributed by atoms with E-state index in [9.17, 15) is 24.6 Å². The molecule has 3 N–H and O–H groups in total. The number of carbonyl (C=O) groups is 3. The van der Waals surface area contributed by atoms with Crippen LogP contribution >= 0.6 is 0 Å². The van der Waals surface area contributed by atoms with Crippen LogP contribution in [-0.2, 0) is 11.3 Å². The second kappa shape index (κ2) is 15.7. The SMILES string of the molecule is O=C(O)c1cccc(CCC(ONC(=O)c2cccc(C(=O)O)c2)c2ccccc2OCCCCOc2ccccc2)c1. The van der Waals surface area contributed by atoms with Crippen LogP contribution in [0.25, 0.3) is 0 Å². The average Bonchev–Trinajstić information content (AvgIpc) is 3.03. The van der Waals surface area contributed by atoms with Gasteiger partial charge in [0, 0.05) is 11.1 Å². The minimum absolute atomic E-state index is 0.0181. The molecule has 9 nitrogen and oxygen atoms in total. The van der Waals surface area contributed by atoms with Gasteiger partial charge in [-0.05, 0) is 79.8 Å². The van der Waals surface area contributed by atoms with Gasteiger partial charge in [0.25, 0.3) is 5.91 Å². The first-order chi connectivity index (χ1) is 20.9. The fraction of sp³-hybridized carbons (Fsp3) is 0.206. The van der Waals surface area contributed by atoms with Gasteiger partial charge in [0.15, 0.2) is 0 Å².